The quantitative estimate of drug-likeness (QED) is 0.415. The Balaban J connectivity index is 1.57. The second-order valence-electron chi connectivity index (χ2n) is 7.03. The molecule has 0 aromatic heterocycles. The Morgan fingerprint density at radius 1 is 1.03 bits per heavy atom. The molecule has 0 spiro atoms. The number of methoxy groups -OCH3 is 1. The van der Waals surface area contributed by atoms with Gasteiger partial charge >= 0.3 is 5.97 Å². The van der Waals surface area contributed by atoms with Gasteiger partial charge in [-0.15, -0.1) is 0 Å². The fourth-order valence-electron chi connectivity index (χ4n) is 3.05. The van der Waals surface area contributed by atoms with Crippen molar-refractivity contribution in [3.8, 4) is 11.5 Å². The third-order valence-corrected chi connectivity index (χ3v) is 4.70. The van der Waals surface area contributed by atoms with E-state index in [1.165, 1.54) is 23.8 Å². The van der Waals surface area contributed by atoms with E-state index in [1.807, 2.05) is 31.2 Å². The minimum atomic E-state index is -0.600. The maximum Gasteiger partial charge on any atom is 0.363 e. The summed E-state index contributed by atoms with van der Waals surface area (Å²) >= 11 is 0. The molecule has 1 heterocycles. The molecule has 0 amide bonds. The molecule has 4 rings (SSSR count). The average Bonchev–Trinajstić information content (AvgIpc) is 3.14. The van der Waals surface area contributed by atoms with E-state index in [0.29, 0.717) is 29.2 Å². The molecule has 0 bridgehead atoms. The minimum Gasteiger partial charge on any atom is -0.493 e. The Bertz CT molecular complexity index is 1180. The van der Waals surface area contributed by atoms with E-state index < -0.39 is 11.8 Å². The first kappa shape index (κ1) is 20.3. The van der Waals surface area contributed by atoms with Crippen molar-refractivity contribution < 1.29 is 23.4 Å². The normalized spacial score (nSPS) is 14.4. The fourth-order valence-corrected chi connectivity index (χ4v) is 3.05. The van der Waals surface area contributed by atoms with Crippen LogP contribution < -0.4 is 9.47 Å². The van der Waals surface area contributed by atoms with Crippen molar-refractivity contribution in [1.29, 1.82) is 0 Å². The average molecular weight is 417 g/mol. The maximum atomic E-state index is 13.5. The minimum absolute atomic E-state index is 0.0695. The van der Waals surface area contributed by atoms with Crippen LogP contribution in [0.15, 0.2) is 77.4 Å². The van der Waals surface area contributed by atoms with Gasteiger partial charge in [0.2, 0.25) is 5.90 Å². The van der Waals surface area contributed by atoms with Gasteiger partial charge in [0.05, 0.1) is 7.11 Å². The number of cyclic esters (lactones) is 1. The van der Waals surface area contributed by atoms with E-state index in [-0.39, 0.29) is 11.6 Å². The number of hydrogen-bond donors (Lipinski definition) is 0. The number of nitrogens with zero attached hydrogens (tertiary/aromatic N) is 1. The maximum absolute atomic E-state index is 13.5. The summed E-state index contributed by atoms with van der Waals surface area (Å²) in [6, 6.07) is 19.1. The van der Waals surface area contributed by atoms with Crippen molar-refractivity contribution in [1.82, 2.24) is 0 Å². The van der Waals surface area contributed by atoms with Gasteiger partial charge in [0, 0.05) is 5.56 Å². The van der Waals surface area contributed by atoms with E-state index in [2.05, 4.69) is 4.99 Å². The number of benzene rings is 3. The molecule has 3 aromatic carbocycles. The molecule has 31 heavy (non-hydrogen) atoms. The van der Waals surface area contributed by atoms with Crippen molar-refractivity contribution in [2.24, 2.45) is 4.99 Å². The molecule has 0 N–H and O–H groups in total. The topological polar surface area (TPSA) is 57.1 Å². The molecule has 1 aliphatic heterocycles. The first-order chi connectivity index (χ1) is 15.0. The first-order valence-corrected chi connectivity index (χ1v) is 9.67. The number of ether oxygens (including phenoxy) is 3. The van der Waals surface area contributed by atoms with Crippen LogP contribution >= 0.6 is 0 Å². The Morgan fingerprint density at radius 2 is 1.84 bits per heavy atom. The number of esters is 1. The standard InChI is InChI=1S/C25H20FNO4/c1-16-6-8-17(9-7-16)15-30-23-13-18(10-11-22(23)29-2)12-21-25(28)31-24(27-21)19-4-3-5-20(26)14-19/h3-14H,15H2,1-2H3/b21-12+. The molecule has 6 heteroatoms. The molecule has 1 aliphatic rings. The zero-order chi connectivity index (χ0) is 21.8. The zero-order valence-electron chi connectivity index (χ0n) is 17.1. The lowest BCUT2D eigenvalue weighted by Crippen LogP contribution is -2.05. The van der Waals surface area contributed by atoms with Crippen LogP contribution in [0.2, 0.25) is 0 Å². The molecule has 0 fully saturated rings. The van der Waals surface area contributed by atoms with Crippen LogP contribution in [-0.2, 0) is 16.1 Å². The van der Waals surface area contributed by atoms with Crippen LogP contribution in [0, 0.1) is 12.7 Å². The number of rotatable bonds is 6. The summed E-state index contributed by atoms with van der Waals surface area (Å²) in [7, 11) is 1.57. The Hall–Kier alpha value is -3.93. The zero-order valence-corrected chi connectivity index (χ0v) is 17.1. The van der Waals surface area contributed by atoms with E-state index in [4.69, 9.17) is 14.2 Å². The van der Waals surface area contributed by atoms with Crippen LogP contribution in [0.1, 0.15) is 22.3 Å². The molecule has 5 nitrogen and oxygen atoms in total. The van der Waals surface area contributed by atoms with Crippen molar-refractivity contribution in [3.63, 3.8) is 0 Å². The van der Waals surface area contributed by atoms with Gasteiger partial charge in [-0.25, -0.2) is 14.2 Å². The van der Waals surface area contributed by atoms with Crippen LogP contribution in [0.25, 0.3) is 6.08 Å². The molecule has 0 aliphatic carbocycles. The van der Waals surface area contributed by atoms with Crippen molar-refractivity contribution >= 4 is 17.9 Å². The molecule has 0 radical (unpaired) electrons. The predicted molar refractivity (Wildman–Crippen MR) is 116 cm³/mol. The number of halogens is 1. The number of carbonyl (C=O) groups is 1. The van der Waals surface area contributed by atoms with Crippen molar-refractivity contribution in [2.75, 3.05) is 7.11 Å². The van der Waals surface area contributed by atoms with E-state index in [1.54, 1.807) is 37.5 Å². The van der Waals surface area contributed by atoms with Crippen LogP contribution in [0.4, 0.5) is 4.39 Å². The Morgan fingerprint density at radius 3 is 2.58 bits per heavy atom. The Kier molecular flexibility index (Phi) is 5.80. The molecule has 0 saturated heterocycles. The van der Waals surface area contributed by atoms with Gasteiger partial charge in [0.15, 0.2) is 17.2 Å². The summed E-state index contributed by atoms with van der Waals surface area (Å²) in [5.74, 6) is 0.154. The number of aliphatic imine (C=N–C) groups is 1. The lowest BCUT2D eigenvalue weighted by atomic mass is 10.1. The summed E-state index contributed by atoms with van der Waals surface area (Å²) in [6.07, 6.45) is 1.59. The monoisotopic (exact) mass is 417 g/mol. The third kappa shape index (κ3) is 4.80. The smallest absolute Gasteiger partial charge is 0.363 e. The van der Waals surface area contributed by atoms with Crippen molar-refractivity contribution in [2.45, 2.75) is 13.5 Å². The number of hydrogen-bond acceptors (Lipinski definition) is 5. The van der Waals surface area contributed by atoms with Gasteiger partial charge in [0.1, 0.15) is 12.4 Å². The van der Waals surface area contributed by atoms with E-state index >= 15 is 0 Å². The predicted octanol–water partition coefficient (Wildman–Crippen LogP) is 5.07. The Labute approximate surface area is 179 Å². The highest BCUT2D eigenvalue weighted by atomic mass is 19.1. The lowest BCUT2D eigenvalue weighted by molar-refractivity contribution is -0.129. The highest BCUT2D eigenvalue weighted by Crippen LogP contribution is 2.30. The first-order valence-electron chi connectivity index (χ1n) is 9.67. The van der Waals surface area contributed by atoms with Gasteiger partial charge < -0.3 is 14.2 Å². The van der Waals surface area contributed by atoms with Gasteiger partial charge in [-0.2, -0.15) is 0 Å². The van der Waals surface area contributed by atoms with E-state index in [0.717, 1.165) is 5.56 Å². The van der Waals surface area contributed by atoms with Crippen LogP contribution in [0.5, 0.6) is 11.5 Å². The summed E-state index contributed by atoms with van der Waals surface area (Å²) in [5, 5.41) is 0. The molecular weight excluding hydrogens is 397 g/mol. The third-order valence-electron chi connectivity index (χ3n) is 4.70. The SMILES string of the molecule is COc1ccc(/C=C2/N=C(c3cccc(F)c3)OC2=O)cc1OCc1ccc(C)cc1. The molecule has 0 unspecified atom stereocenters. The van der Waals surface area contributed by atoms with Crippen LogP contribution in [0.3, 0.4) is 0 Å². The van der Waals surface area contributed by atoms with Gasteiger partial charge in [-0.3, -0.25) is 0 Å². The van der Waals surface area contributed by atoms with Gasteiger partial charge in [-0.05, 0) is 54.5 Å². The summed E-state index contributed by atoms with van der Waals surface area (Å²) in [5.41, 5.74) is 3.41. The molecule has 0 saturated carbocycles. The lowest BCUT2D eigenvalue weighted by Gasteiger charge is -2.12. The second kappa shape index (κ2) is 8.83. The largest absolute Gasteiger partial charge is 0.493 e. The number of carbonyl (C=O) groups excluding carboxylic acids is 1. The second-order valence-corrected chi connectivity index (χ2v) is 7.03. The fraction of sp³-hybridized carbons (Fsp3) is 0.120. The summed E-state index contributed by atoms with van der Waals surface area (Å²) < 4.78 is 30.0. The molecule has 3 aromatic rings. The highest BCUT2D eigenvalue weighted by molar-refractivity contribution is 6.12. The van der Waals surface area contributed by atoms with Gasteiger partial charge in [0.25, 0.3) is 0 Å². The highest BCUT2D eigenvalue weighted by Gasteiger charge is 2.24. The van der Waals surface area contributed by atoms with Crippen LogP contribution in [-0.4, -0.2) is 19.0 Å². The number of aryl methyl sites for hydroxylation is 1. The van der Waals surface area contributed by atoms with Crippen molar-refractivity contribution in [3.05, 3.63) is 100 Å². The van der Waals surface area contributed by atoms with E-state index in [9.17, 15) is 9.18 Å². The van der Waals surface area contributed by atoms with Gasteiger partial charge in [-0.1, -0.05) is 42.0 Å². The summed E-state index contributed by atoms with van der Waals surface area (Å²) in [6.45, 7) is 2.40. The molecule has 156 valence electrons. The molecule has 0 atom stereocenters. The summed E-state index contributed by atoms with van der Waals surface area (Å²) in [4.78, 5) is 16.5. The molecular formula is C25H20FNO4.